The Kier molecular flexibility index (Phi) is 4.18. The molecular formula is C15H15N3O3. The molecule has 0 aliphatic carbocycles. The van der Waals surface area contributed by atoms with Gasteiger partial charge < -0.3 is 0 Å². The first-order chi connectivity index (χ1) is 9.99. The quantitative estimate of drug-likeness (QED) is 0.668. The molecular weight excluding hydrogens is 270 g/mol. The number of hydrazine groups is 1. The number of amides is 1. The highest BCUT2D eigenvalue weighted by Crippen LogP contribution is 2.22. The lowest BCUT2D eigenvalue weighted by atomic mass is 10.1. The number of rotatable bonds is 4. The first-order valence-electron chi connectivity index (χ1n) is 6.36. The monoisotopic (exact) mass is 285 g/mol. The van der Waals surface area contributed by atoms with Crippen LogP contribution in [0.5, 0.6) is 0 Å². The molecule has 0 aromatic heterocycles. The van der Waals surface area contributed by atoms with Gasteiger partial charge in [0.15, 0.2) is 0 Å². The van der Waals surface area contributed by atoms with Crippen LogP contribution in [0.4, 0.5) is 11.4 Å². The highest BCUT2D eigenvalue weighted by Gasteiger charge is 2.14. The molecule has 2 rings (SSSR count). The van der Waals surface area contributed by atoms with Gasteiger partial charge >= 0.3 is 0 Å². The molecule has 2 N–H and O–H groups in total. The molecule has 0 fully saturated rings. The Labute approximate surface area is 121 Å². The first kappa shape index (κ1) is 14.5. The van der Waals surface area contributed by atoms with Crippen molar-refractivity contribution < 1.29 is 9.72 Å². The molecule has 6 heteroatoms. The van der Waals surface area contributed by atoms with E-state index in [1.54, 1.807) is 18.2 Å². The number of carbonyl (C=O) groups is 1. The van der Waals surface area contributed by atoms with Gasteiger partial charge in [0.1, 0.15) is 5.69 Å². The standard InChI is InChI=1S/C15H15N3O3/c1-10-7-8-12(11(2)9-10)15(19)17-16-13-5-3-4-6-14(13)18(20)21/h3-9,16H,1-2H3,(H,17,19). The molecule has 0 aliphatic heterocycles. The number of aryl methyl sites for hydroxylation is 2. The number of carbonyl (C=O) groups excluding carboxylic acids is 1. The van der Waals surface area contributed by atoms with Crippen molar-refractivity contribution >= 4 is 17.3 Å². The summed E-state index contributed by atoms with van der Waals surface area (Å²) < 4.78 is 0. The molecule has 0 heterocycles. The molecule has 0 atom stereocenters. The SMILES string of the molecule is Cc1ccc(C(=O)NNc2ccccc2[N+](=O)[O-])c(C)c1. The lowest BCUT2D eigenvalue weighted by Gasteiger charge is -2.10. The summed E-state index contributed by atoms with van der Waals surface area (Å²) >= 11 is 0. The molecule has 2 aromatic carbocycles. The van der Waals surface area contributed by atoms with Crippen LogP contribution in [0.25, 0.3) is 0 Å². The Morgan fingerprint density at radius 3 is 2.52 bits per heavy atom. The summed E-state index contributed by atoms with van der Waals surface area (Å²) in [5.74, 6) is -0.342. The third kappa shape index (κ3) is 3.36. The molecule has 21 heavy (non-hydrogen) atoms. The fraction of sp³-hybridized carbons (Fsp3) is 0.133. The van der Waals surface area contributed by atoms with Crippen molar-refractivity contribution in [2.24, 2.45) is 0 Å². The Balaban J connectivity index is 2.13. The van der Waals surface area contributed by atoms with Gasteiger partial charge in [0.25, 0.3) is 11.6 Å². The van der Waals surface area contributed by atoms with Crippen LogP contribution in [0.3, 0.4) is 0 Å². The zero-order chi connectivity index (χ0) is 15.4. The Hall–Kier alpha value is -2.89. The lowest BCUT2D eigenvalue weighted by molar-refractivity contribution is -0.384. The second kappa shape index (κ2) is 6.04. The highest BCUT2D eigenvalue weighted by atomic mass is 16.6. The second-order valence-electron chi connectivity index (χ2n) is 4.67. The molecule has 1 amide bonds. The maximum Gasteiger partial charge on any atom is 0.294 e. The molecule has 0 radical (unpaired) electrons. The smallest absolute Gasteiger partial charge is 0.292 e. The Morgan fingerprint density at radius 2 is 1.86 bits per heavy atom. The van der Waals surface area contributed by atoms with Crippen molar-refractivity contribution in [3.05, 3.63) is 69.3 Å². The van der Waals surface area contributed by atoms with Crippen LogP contribution in [0, 0.1) is 24.0 Å². The lowest BCUT2D eigenvalue weighted by Crippen LogP contribution is -2.30. The number of hydrogen-bond acceptors (Lipinski definition) is 4. The van der Waals surface area contributed by atoms with Crippen LogP contribution in [-0.2, 0) is 0 Å². The summed E-state index contributed by atoms with van der Waals surface area (Å²) in [5, 5.41) is 10.9. The minimum atomic E-state index is -0.508. The zero-order valence-electron chi connectivity index (χ0n) is 11.7. The molecule has 0 aliphatic rings. The fourth-order valence-corrected chi connectivity index (χ4v) is 2.00. The van der Waals surface area contributed by atoms with Crippen molar-refractivity contribution in [3.63, 3.8) is 0 Å². The number of hydrogen-bond donors (Lipinski definition) is 2. The van der Waals surface area contributed by atoms with Gasteiger partial charge in [-0.15, -0.1) is 0 Å². The summed E-state index contributed by atoms with van der Waals surface area (Å²) in [5.41, 5.74) is 7.64. The van der Waals surface area contributed by atoms with Gasteiger partial charge in [-0.05, 0) is 31.5 Å². The number of nitrogens with zero attached hydrogens (tertiary/aromatic N) is 1. The van der Waals surface area contributed by atoms with Crippen LogP contribution < -0.4 is 10.9 Å². The summed E-state index contributed by atoms with van der Waals surface area (Å²) in [6.07, 6.45) is 0. The Bertz CT molecular complexity index is 698. The zero-order valence-corrected chi connectivity index (χ0v) is 11.7. The van der Waals surface area contributed by atoms with Crippen LogP contribution in [0.1, 0.15) is 21.5 Å². The van der Waals surface area contributed by atoms with E-state index < -0.39 is 4.92 Å². The van der Waals surface area contributed by atoms with E-state index in [1.807, 2.05) is 26.0 Å². The minimum absolute atomic E-state index is 0.0987. The average Bonchev–Trinajstić information content (AvgIpc) is 2.45. The number of benzene rings is 2. The maximum atomic E-state index is 12.1. The summed E-state index contributed by atoms with van der Waals surface area (Å²) in [6.45, 7) is 3.78. The molecule has 0 bridgehead atoms. The van der Waals surface area contributed by atoms with E-state index in [2.05, 4.69) is 10.9 Å². The van der Waals surface area contributed by atoms with E-state index in [0.717, 1.165) is 11.1 Å². The van der Waals surface area contributed by atoms with Crippen molar-refractivity contribution in [1.29, 1.82) is 0 Å². The number of nitro groups is 1. The van der Waals surface area contributed by atoms with Gasteiger partial charge in [0.2, 0.25) is 0 Å². The number of nitro benzene ring substituents is 1. The number of nitrogens with one attached hydrogen (secondary N) is 2. The normalized spacial score (nSPS) is 10.0. The Morgan fingerprint density at radius 1 is 1.14 bits per heavy atom. The van der Waals surface area contributed by atoms with Gasteiger partial charge in [-0.3, -0.25) is 25.8 Å². The average molecular weight is 285 g/mol. The molecule has 0 spiro atoms. The molecule has 6 nitrogen and oxygen atoms in total. The van der Waals surface area contributed by atoms with E-state index in [-0.39, 0.29) is 17.3 Å². The highest BCUT2D eigenvalue weighted by molar-refractivity contribution is 5.96. The van der Waals surface area contributed by atoms with Crippen LogP contribution in [-0.4, -0.2) is 10.8 Å². The molecule has 0 saturated carbocycles. The minimum Gasteiger partial charge on any atom is -0.292 e. The van der Waals surface area contributed by atoms with E-state index in [9.17, 15) is 14.9 Å². The van der Waals surface area contributed by atoms with Gasteiger partial charge in [0, 0.05) is 11.6 Å². The van der Waals surface area contributed by atoms with Crippen molar-refractivity contribution in [1.82, 2.24) is 5.43 Å². The van der Waals surface area contributed by atoms with Crippen LogP contribution in [0.2, 0.25) is 0 Å². The molecule has 0 saturated heterocycles. The molecule has 2 aromatic rings. The van der Waals surface area contributed by atoms with E-state index in [0.29, 0.717) is 5.56 Å². The fourth-order valence-electron chi connectivity index (χ4n) is 2.00. The summed E-state index contributed by atoms with van der Waals surface area (Å²) in [4.78, 5) is 22.5. The molecule has 0 unspecified atom stereocenters. The maximum absolute atomic E-state index is 12.1. The van der Waals surface area contributed by atoms with Gasteiger partial charge in [0.05, 0.1) is 4.92 Å². The van der Waals surface area contributed by atoms with Crippen molar-refractivity contribution in [3.8, 4) is 0 Å². The largest absolute Gasteiger partial charge is 0.294 e. The summed E-state index contributed by atoms with van der Waals surface area (Å²) in [6, 6.07) is 11.6. The second-order valence-corrected chi connectivity index (χ2v) is 4.67. The van der Waals surface area contributed by atoms with Gasteiger partial charge in [-0.25, -0.2) is 0 Å². The van der Waals surface area contributed by atoms with Crippen LogP contribution >= 0.6 is 0 Å². The van der Waals surface area contributed by atoms with Crippen molar-refractivity contribution in [2.45, 2.75) is 13.8 Å². The topological polar surface area (TPSA) is 84.3 Å². The van der Waals surface area contributed by atoms with E-state index in [1.165, 1.54) is 12.1 Å². The van der Waals surface area contributed by atoms with Crippen molar-refractivity contribution in [2.75, 3.05) is 5.43 Å². The van der Waals surface area contributed by atoms with E-state index >= 15 is 0 Å². The number of para-hydroxylation sites is 2. The predicted octanol–water partition coefficient (Wildman–Crippen LogP) is 2.97. The third-order valence-electron chi connectivity index (χ3n) is 3.04. The molecule has 108 valence electrons. The van der Waals surface area contributed by atoms with Crippen LogP contribution in [0.15, 0.2) is 42.5 Å². The van der Waals surface area contributed by atoms with Gasteiger partial charge in [-0.1, -0.05) is 29.8 Å². The van der Waals surface area contributed by atoms with E-state index in [4.69, 9.17) is 0 Å². The predicted molar refractivity (Wildman–Crippen MR) is 80.1 cm³/mol. The third-order valence-corrected chi connectivity index (χ3v) is 3.04. The summed E-state index contributed by atoms with van der Waals surface area (Å²) in [7, 11) is 0. The first-order valence-corrected chi connectivity index (χ1v) is 6.36. The number of anilines is 1. The van der Waals surface area contributed by atoms with Gasteiger partial charge in [-0.2, -0.15) is 0 Å².